The summed E-state index contributed by atoms with van der Waals surface area (Å²) in [6.45, 7) is 17.0. The highest BCUT2D eigenvalue weighted by molar-refractivity contribution is 6.20. The number of carbonyl (C=O) groups is 2. The molecule has 3 aromatic rings. The molecule has 3 N–H and O–H groups in total. The first-order chi connectivity index (χ1) is 21.3. The molecule has 2 atom stereocenters. The molecule has 44 heavy (non-hydrogen) atoms. The molecule has 2 unspecified atom stereocenters. The molecular weight excluding hydrogens is 544 g/mol. The van der Waals surface area contributed by atoms with E-state index < -0.39 is 0 Å². The van der Waals surface area contributed by atoms with Crippen LogP contribution in [-0.2, 0) is 22.6 Å². The summed E-state index contributed by atoms with van der Waals surface area (Å²) in [5, 5.41) is 3.10. The lowest BCUT2D eigenvalue weighted by Crippen LogP contribution is -2.34. The van der Waals surface area contributed by atoms with Crippen molar-refractivity contribution in [3.05, 3.63) is 131 Å². The normalized spacial score (nSPS) is 16.1. The zero-order valence-electron chi connectivity index (χ0n) is 27.1. The lowest BCUT2D eigenvalue weighted by Gasteiger charge is -2.23. The second-order valence-electron chi connectivity index (χ2n) is 10.8. The van der Waals surface area contributed by atoms with E-state index in [-0.39, 0.29) is 17.9 Å². The first kappa shape index (κ1) is 34.1. The Kier molecular flexibility index (Phi) is 13.2. The van der Waals surface area contributed by atoms with Gasteiger partial charge in [-0.15, -0.1) is 0 Å². The molecule has 0 fully saturated rings. The molecule has 2 aliphatic rings. The predicted molar refractivity (Wildman–Crippen MR) is 184 cm³/mol. The number of amides is 2. The Balaban J connectivity index is 0.000000245. The number of nitrogens with zero attached hydrogens (tertiary/aromatic N) is 1. The van der Waals surface area contributed by atoms with Gasteiger partial charge < -0.3 is 15.6 Å². The van der Waals surface area contributed by atoms with Gasteiger partial charge in [-0.05, 0) is 72.6 Å². The Hall–Kier alpha value is -4.42. The topological polar surface area (TPSA) is 73.5 Å². The number of carbonyl (C=O) groups excluding carboxylic acids is 2. The van der Waals surface area contributed by atoms with Gasteiger partial charge in [0.05, 0.1) is 18.3 Å². The number of anilines is 1. The van der Waals surface area contributed by atoms with Crippen molar-refractivity contribution in [3.63, 3.8) is 0 Å². The van der Waals surface area contributed by atoms with E-state index in [2.05, 4.69) is 98.1 Å². The lowest BCUT2D eigenvalue weighted by atomic mass is 9.84. The maximum absolute atomic E-state index is 12.8. The van der Waals surface area contributed by atoms with Crippen LogP contribution in [-0.4, -0.2) is 23.3 Å². The number of hydrogen-bond donors (Lipinski definition) is 3. The monoisotopic (exact) mass is 592 g/mol. The summed E-state index contributed by atoms with van der Waals surface area (Å²) in [4.78, 5) is 26.0. The Morgan fingerprint density at radius 1 is 1.02 bits per heavy atom. The quantitative estimate of drug-likeness (QED) is 0.232. The summed E-state index contributed by atoms with van der Waals surface area (Å²) in [5.74, 6) is 0.424. The molecular formula is C38H48N4O2. The van der Waals surface area contributed by atoms with Crippen molar-refractivity contribution < 1.29 is 9.59 Å². The van der Waals surface area contributed by atoms with Gasteiger partial charge in [-0.25, -0.2) is 5.43 Å². The summed E-state index contributed by atoms with van der Waals surface area (Å²) >= 11 is 0. The van der Waals surface area contributed by atoms with Crippen molar-refractivity contribution >= 4 is 23.1 Å². The van der Waals surface area contributed by atoms with E-state index in [4.69, 9.17) is 0 Å². The van der Waals surface area contributed by atoms with Gasteiger partial charge in [0.1, 0.15) is 0 Å². The number of rotatable bonds is 8. The minimum atomic E-state index is -0.0398. The Morgan fingerprint density at radius 2 is 1.73 bits per heavy atom. The third kappa shape index (κ3) is 8.80. The van der Waals surface area contributed by atoms with Crippen LogP contribution in [0.3, 0.4) is 0 Å². The number of hydrogen-bond acceptors (Lipinski definition) is 4. The van der Waals surface area contributed by atoms with E-state index in [1.807, 2.05) is 39.0 Å². The van der Waals surface area contributed by atoms with Gasteiger partial charge in [0.2, 0.25) is 5.91 Å². The van der Waals surface area contributed by atoms with Gasteiger partial charge in [0.15, 0.2) is 0 Å². The fourth-order valence-corrected chi connectivity index (χ4v) is 5.24. The number of aryl methyl sites for hydroxylation is 2. The van der Waals surface area contributed by atoms with Crippen molar-refractivity contribution in [2.24, 2.45) is 0 Å². The first-order valence-corrected chi connectivity index (χ1v) is 15.7. The molecule has 5 rings (SSSR count). The van der Waals surface area contributed by atoms with Crippen LogP contribution in [0.5, 0.6) is 0 Å². The first-order valence-electron chi connectivity index (χ1n) is 15.7. The average Bonchev–Trinajstić information content (AvgIpc) is 3.46. The van der Waals surface area contributed by atoms with Crippen LogP contribution in [0.25, 0.3) is 5.57 Å². The van der Waals surface area contributed by atoms with Crippen LogP contribution in [0.4, 0.5) is 5.69 Å². The Bertz CT molecular complexity index is 1470. The third-order valence-corrected chi connectivity index (χ3v) is 7.73. The molecule has 0 spiro atoms. The van der Waals surface area contributed by atoms with Gasteiger partial charge in [0.25, 0.3) is 5.91 Å². The molecule has 6 heteroatoms. The molecule has 2 amide bonds. The molecule has 0 aromatic heterocycles. The van der Waals surface area contributed by atoms with Crippen LogP contribution in [0.1, 0.15) is 86.4 Å². The fraction of sp³-hybridized carbons (Fsp3) is 0.316. The van der Waals surface area contributed by atoms with E-state index in [9.17, 15) is 9.59 Å². The van der Waals surface area contributed by atoms with Crippen LogP contribution in [0.15, 0.2) is 97.7 Å². The second kappa shape index (κ2) is 17.0. The summed E-state index contributed by atoms with van der Waals surface area (Å²) in [6.07, 6.45) is 8.85. The zero-order chi connectivity index (χ0) is 32.1. The SMILES string of the molecule is C=CN(Cc1ccc(CC)cc1)C(=O)/C=C\C.CC.Cc1ccc2c(c1)C(CNC(=O)C1=CCC(C)c3ccccc31)NN2. The number of benzene rings is 3. The minimum absolute atomic E-state index is 0.00209. The molecule has 0 saturated heterocycles. The lowest BCUT2D eigenvalue weighted by molar-refractivity contribution is -0.124. The van der Waals surface area contributed by atoms with Crippen LogP contribution < -0.4 is 16.2 Å². The highest BCUT2D eigenvalue weighted by atomic mass is 16.2. The van der Waals surface area contributed by atoms with Gasteiger partial charge in [0, 0.05) is 18.3 Å². The van der Waals surface area contributed by atoms with Crippen LogP contribution in [0.2, 0.25) is 0 Å². The summed E-state index contributed by atoms with van der Waals surface area (Å²) < 4.78 is 0. The van der Waals surface area contributed by atoms with Crippen molar-refractivity contribution in [2.45, 2.75) is 72.9 Å². The molecule has 232 valence electrons. The van der Waals surface area contributed by atoms with Gasteiger partial charge in [-0.1, -0.05) is 113 Å². The predicted octanol–water partition coefficient (Wildman–Crippen LogP) is 8.00. The van der Waals surface area contributed by atoms with Gasteiger partial charge in [-0.3, -0.25) is 9.59 Å². The Labute approximate surface area is 263 Å². The van der Waals surface area contributed by atoms with E-state index in [1.165, 1.54) is 22.3 Å². The van der Waals surface area contributed by atoms with E-state index >= 15 is 0 Å². The third-order valence-electron chi connectivity index (χ3n) is 7.73. The summed E-state index contributed by atoms with van der Waals surface area (Å²) in [6, 6.07) is 22.9. The maximum atomic E-state index is 12.8. The Morgan fingerprint density at radius 3 is 2.41 bits per heavy atom. The zero-order valence-corrected chi connectivity index (χ0v) is 27.1. The molecule has 1 aliphatic carbocycles. The van der Waals surface area contributed by atoms with Crippen LogP contribution in [0, 0.1) is 6.92 Å². The molecule has 0 bridgehead atoms. The largest absolute Gasteiger partial charge is 0.350 e. The number of fused-ring (bicyclic) bond motifs is 2. The van der Waals surface area contributed by atoms with Crippen molar-refractivity contribution in [1.82, 2.24) is 15.6 Å². The van der Waals surface area contributed by atoms with Crippen LogP contribution >= 0.6 is 0 Å². The van der Waals surface area contributed by atoms with Gasteiger partial charge >= 0.3 is 0 Å². The van der Waals surface area contributed by atoms with Crippen molar-refractivity contribution in [3.8, 4) is 0 Å². The number of hydrazine groups is 1. The molecule has 1 aliphatic heterocycles. The fourth-order valence-electron chi connectivity index (χ4n) is 5.24. The second-order valence-corrected chi connectivity index (χ2v) is 10.8. The molecule has 0 radical (unpaired) electrons. The average molecular weight is 593 g/mol. The van der Waals surface area contributed by atoms with E-state index in [1.54, 1.807) is 23.3 Å². The van der Waals surface area contributed by atoms with Crippen molar-refractivity contribution in [1.29, 1.82) is 0 Å². The van der Waals surface area contributed by atoms with E-state index in [0.717, 1.165) is 35.2 Å². The number of allylic oxidation sites excluding steroid dienone is 2. The van der Waals surface area contributed by atoms with E-state index in [0.29, 0.717) is 19.0 Å². The summed E-state index contributed by atoms with van der Waals surface area (Å²) in [5.41, 5.74) is 15.5. The molecule has 0 saturated carbocycles. The minimum Gasteiger partial charge on any atom is -0.350 e. The van der Waals surface area contributed by atoms with Crippen molar-refractivity contribution in [2.75, 3.05) is 12.0 Å². The van der Waals surface area contributed by atoms with Gasteiger partial charge in [-0.2, -0.15) is 0 Å². The maximum Gasteiger partial charge on any atom is 0.251 e. The highest BCUT2D eigenvalue weighted by Crippen LogP contribution is 2.34. The molecule has 6 nitrogen and oxygen atoms in total. The smallest absolute Gasteiger partial charge is 0.251 e. The highest BCUT2D eigenvalue weighted by Gasteiger charge is 2.25. The summed E-state index contributed by atoms with van der Waals surface area (Å²) in [7, 11) is 0. The molecule has 3 aromatic carbocycles. The number of nitrogens with one attached hydrogen (secondary N) is 3. The molecule has 1 heterocycles. The standard InChI is InChI=1S/C21H23N3O.C15H19NO.C2H6/c1-13-7-10-19-18(11-13)20(24-23-19)12-22-21(25)17-9-8-14(2)15-5-3-4-6-16(15)17;1-4-7-15(17)16(6-3)12-14-10-8-13(5-2)9-11-14;1-2/h3-7,9-11,14,20,23-24H,8,12H2,1-2H3,(H,22,25);4,6-11H,3,5,12H2,1-2H3;1-2H3/b;7-4-;.